The van der Waals surface area contributed by atoms with E-state index in [0.29, 0.717) is 16.9 Å². The molecular formula is C20H22N2O2S. The Balaban J connectivity index is 1.88. The van der Waals surface area contributed by atoms with Crippen molar-refractivity contribution in [1.29, 1.82) is 0 Å². The van der Waals surface area contributed by atoms with Crippen LogP contribution in [0.3, 0.4) is 0 Å². The van der Waals surface area contributed by atoms with Crippen molar-refractivity contribution in [1.82, 2.24) is 9.55 Å². The van der Waals surface area contributed by atoms with Gasteiger partial charge in [-0.2, -0.15) is 0 Å². The lowest BCUT2D eigenvalue weighted by Gasteiger charge is -2.10. The van der Waals surface area contributed by atoms with Crippen LogP contribution in [0.2, 0.25) is 0 Å². The molecule has 0 radical (unpaired) electrons. The molecule has 1 atom stereocenters. The number of nitrogens with zero attached hydrogens (tertiary/aromatic N) is 2. The van der Waals surface area contributed by atoms with Gasteiger partial charge in [-0.15, -0.1) is 11.3 Å². The van der Waals surface area contributed by atoms with E-state index >= 15 is 0 Å². The highest BCUT2D eigenvalue weighted by molar-refractivity contribution is 7.18. The number of carbonyl (C=O) groups is 1. The molecule has 3 aromatic rings. The van der Waals surface area contributed by atoms with Crippen molar-refractivity contribution in [3.63, 3.8) is 0 Å². The van der Waals surface area contributed by atoms with E-state index in [0.717, 1.165) is 21.7 Å². The van der Waals surface area contributed by atoms with Crippen molar-refractivity contribution in [3.8, 4) is 0 Å². The lowest BCUT2D eigenvalue weighted by atomic mass is 9.97. The highest BCUT2D eigenvalue weighted by atomic mass is 32.1. The van der Waals surface area contributed by atoms with Crippen molar-refractivity contribution >= 4 is 27.3 Å². The maximum Gasteiger partial charge on any atom is 0.262 e. The van der Waals surface area contributed by atoms with Gasteiger partial charge in [0.15, 0.2) is 5.78 Å². The van der Waals surface area contributed by atoms with E-state index in [1.54, 1.807) is 0 Å². The van der Waals surface area contributed by atoms with Crippen LogP contribution in [-0.4, -0.2) is 15.3 Å². The minimum absolute atomic E-state index is 0.0127. The van der Waals surface area contributed by atoms with Gasteiger partial charge in [0.1, 0.15) is 4.83 Å². The zero-order valence-corrected chi connectivity index (χ0v) is 15.8. The van der Waals surface area contributed by atoms with Crippen molar-refractivity contribution < 1.29 is 4.79 Å². The maximum atomic E-state index is 12.7. The fourth-order valence-electron chi connectivity index (χ4n) is 2.86. The van der Waals surface area contributed by atoms with Crippen LogP contribution < -0.4 is 5.56 Å². The van der Waals surface area contributed by atoms with E-state index in [1.165, 1.54) is 27.8 Å². The van der Waals surface area contributed by atoms with Gasteiger partial charge >= 0.3 is 0 Å². The predicted octanol–water partition coefficient (Wildman–Crippen LogP) is 4.47. The fraction of sp³-hybridized carbons (Fsp3) is 0.350. The lowest BCUT2D eigenvalue weighted by Crippen LogP contribution is -2.24. The second kappa shape index (κ2) is 6.92. The number of hydrogen-bond donors (Lipinski definition) is 0. The summed E-state index contributed by atoms with van der Waals surface area (Å²) in [7, 11) is 0. The first-order valence-corrected chi connectivity index (χ1v) is 9.32. The second-order valence-corrected chi connectivity index (χ2v) is 7.70. The summed E-state index contributed by atoms with van der Waals surface area (Å²) < 4.78 is 1.41. The molecule has 1 aromatic carbocycles. The van der Waals surface area contributed by atoms with Crippen LogP contribution in [0.15, 0.2) is 35.4 Å². The van der Waals surface area contributed by atoms with E-state index in [4.69, 9.17) is 0 Å². The third-order valence-corrected chi connectivity index (χ3v) is 6.00. The van der Waals surface area contributed by atoms with Crippen LogP contribution in [0.4, 0.5) is 0 Å². The molecule has 0 amide bonds. The molecule has 0 bridgehead atoms. The molecule has 0 aliphatic rings. The van der Waals surface area contributed by atoms with Crippen LogP contribution in [0.1, 0.15) is 52.5 Å². The molecule has 25 heavy (non-hydrogen) atoms. The van der Waals surface area contributed by atoms with Gasteiger partial charge in [0, 0.05) is 10.4 Å². The quantitative estimate of drug-likeness (QED) is 0.635. The number of Topliss-reactive ketones (excluding diaryl/α,β-unsaturated/α-hetero) is 1. The number of aryl methyl sites for hydroxylation is 2. The largest absolute Gasteiger partial charge is 0.292 e. The van der Waals surface area contributed by atoms with Crippen LogP contribution in [0, 0.1) is 13.8 Å². The van der Waals surface area contributed by atoms with Gasteiger partial charge < -0.3 is 0 Å². The molecule has 4 nitrogen and oxygen atoms in total. The Morgan fingerprint density at radius 2 is 1.92 bits per heavy atom. The molecule has 0 saturated carbocycles. The third kappa shape index (κ3) is 3.29. The minimum Gasteiger partial charge on any atom is -0.292 e. The van der Waals surface area contributed by atoms with E-state index in [1.807, 2.05) is 38.1 Å². The highest BCUT2D eigenvalue weighted by Gasteiger charge is 2.14. The minimum atomic E-state index is -0.142. The van der Waals surface area contributed by atoms with Gasteiger partial charge in [-0.25, -0.2) is 4.98 Å². The zero-order valence-electron chi connectivity index (χ0n) is 15.0. The Morgan fingerprint density at radius 1 is 1.24 bits per heavy atom. The lowest BCUT2D eigenvalue weighted by molar-refractivity contribution is 0.0970. The molecular weight excluding hydrogens is 332 g/mol. The number of ketones is 1. The average Bonchev–Trinajstić information content (AvgIpc) is 2.91. The van der Waals surface area contributed by atoms with Crippen molar-refractivity contribution in [3.05, 3.63) is 62.5 Å². The number of fused-ring (bicyclic) bond motifs is 1. The number of aromatic nitrogens is 2. The Labute approximate surface area is 151 Å². The molecule has 0 unspecified atom stereocenters. The first-order chi connectivity index (χ1) is 11.9. The van der Waals surface area contributed by atoms with Crippen LogP contribution >= 0.6 is 11.3 Å². The number of benzene rings is 1. The van der Waals surface area contributed by atoms with Crippen LogP contribution in [0.25, 0.3) is 10.2 Å². The molecule has 0 spiro atoms. The summed E-state index contributed by atoms with van der Waals surface area (Å²) in [5.41, 5.74) is 2.66. The molecule has 3 rings (SSSR count). The van der Waals surface area contributed by atoms with E-state index in [2.05, 4.69) is 18.8 Å². The summed E-state index contributed by atoms with van der Waals surface area (Å²) >= 11 is 1.51. The van der Waals surface area contributed by atoms with Gasteiger partial charge in [0.05, 0.1) is 18.3 Å². The first-order valence-electron chi connectivity index (χ1n) is 8.50. The molecule has 5 heteroatoms. The van der Waals surface area contributed by atoms with Crippen molar-refractivity contribution in [2.75, 3.05) is 0 Å². The molecule has 130 valence electrons. The topological polar surface area (TPSA) is 52.0 Å². The number of rotatable bonds is 5. The summed E-state index contributed by atoms with van der Waals surface area (Å²) in [6.45, 7) is 8.24. The summed E-state index contributed by atoms with van der Waals surface area (Å²) in [6.07, 6.45) is 2.54. The monoisotopic (exact) mass is 354 g/mol. The van der Waals surface area contributed by atoms with E-state index in [-0.39, 0.29) is 17.9 Å². The predicted molar refractivity (Wildman–Crippen MR) is 103 cm³/mol. The second-order valence-electron chi connectivity index (χ2n) is 6.50. The van der Waals surface area contributed by atoms with Gasteiger partial charge in [-0.1, -0.05) is 38.1 Å². The first kappa shape index (κ1) is 17.5. The summed E-state index contributed by atoms with van der Waals surface area (Å²) in [5, 5.41) is 0.630. The molecule has 0 N–H and O–H groups in total. The molecule has 0 aliphatic heterocycles. The van der Waals surface area contributed by atoms with E-state index in [9.17, 15) is 9.59 Å². The van der Waals surface area contributed by atoms with E-state index < -0.39 is 0 Å². The Bertz CT molecular complexity index is 983. The highest BCUT2D eigenvalue weighted by Crippen LogP contribution is 2.25. The number of hydrogen-bond acceptors (Lipinski definition) is 4. The Hall–Kier alpha value is -2.27. The molecule has 2 heterocycles. The summed E-state index contributed by atoms with van der Waals surface area (Å²) in [4.78, 5) is 31.4. The normalized spacial score (nSPS) is 12.5. The van der Waals surface area contributed by atoms with Crippen LogP contribution in [-0.2, 0) is 6.54 Å². The van der Waals surface area contributed by atoms with Gasteiger partial charge in [-0.3, -0.25) is 14.2 Å². The number of carbonyl (C=O) groups excluding carboxylic acids is 1. The molecule has 0 saturated heterocycles. The summed E-state index contributed by atoms with van der Waals surface area (Å²) in [5.74, 6) is 0.395. The fourth-order valence-corrected chi connectivity index (χ4v) is 3.85. The Kier molecular flexibility index (Phi) is 4.86. The standard InChI is InChI=1S/C20H22N2O2S/c1-5-12(2)15-6-8-16(9-7-15)17(23)10-22-11-21-19-18(20(22)24)13(3)14(4)25-19/h6-9,11-12H,5,10H2,1-4H3/t12-/m1/s1. The van der Waals surface area contributed by atoms with Gasteiger partial charge in [0.25, 0.3) is 5.56 Å². The molecule has 0 fully saturated rings. The zero-order chi connectivity index (χ0) is 18.1. The smallest absolute Gasteiger partial charge is 0.262 e. The van der Waals surface area contributed by atoms with Gasteiger partial charge in [0.2, 0.25) is 0 Å². The van der Waals surface area contributed by atoms with Crippen molar-refractivity contribution in [2.24, 2.45) is 0 Å². The molecule has 0 aliphatic carbocycles. The van der Waals surface area contributed by atoms with Gasteiger partial charge in [-0.05, 0) is 37.3 Å². The van der Waals surface area contributed by atoms with Crippen LogP contribution in [0.5, 0.6) is 0 Å². The maximum absolute atomic E-state index is 12.7. The molecule has 2 aromatic heterocycles. The number of thiophene rings is 1. The third-order valence-electron chi connectivity index (χ3n) is 4.88. The average molecular weight is 354 g/mol. The van der Waals surface area contributed by atoms with Crippen molar-refractivity contribution in [2.45, 2.75) is 46.6 Å². The SMILES string of the molecule is CC[C@@H](C)c1ccc(C(=O)Cn2cnc3sc(C)c(C)c3c2=O)cc1. The Morgan fingerprint density at radius 3 is 2.56 bits per heavy atom. The summed E-state index contributed by atoms with van der Waals surface area (Å²) in [6, 6.07) is 7.69.